The van der Waals surface area contributed by atoms with E-state index in [0.29, 0.717) is 6.04 Å². The second-order valence-electron chi connectivity index (χ2n) is 5.12. The maximum Gasteiger partial charge on any atom is 0.0462 e. The number of nitrogens with two attached hydrogens (primary N) is 1. The highest BCUT2D eigenvalue weighted by Gasteiger charge is 2.25. The van der Waals surface area contributed by atoms with E-state index < -0.39 is 0 Å². The second-order valence-corrected chi connectivity index (χ2v) is 6.12. The first kappa shape index (κ1) is 14.0. The van der Waals surface area contributed by atoms with Crippen molar-refractivity contribution in [2.75, 3.05) is 26.8 Å². The van der Waals surface area contributed by atoms with E-state index >= 15 is 0 Å². The molecule has 1 aromatic heterocycles. The Hall–Kier alpha value is -0.420. The Morgan fingerprint density at radius 3 is 3.22 bits per heavy atom. The Morgan fingerprint density at radius 1 is 1.61 bits per heavy atom. The number of hydrogen-bond acceptors (Lipinski definition) is 4. The fourth-order valence-corrected chi connectivity index (χ4v) is 3.66. The van der Waals surface area contributed by atoms with E-state index in [2.05, 4.69) is 23.3 Å². The molecule has 1 aliphatic heterocycles. The highest BCUT2D eigenvalue weighted by atomic mass is 32.1. The van der Waals surface area contributed by atoms with Crippen LogP contribution in [0.4, 0.5) is 0 Å². The molecule has 18 heavy (non-hydrogen) atoms. The van der Waals surface area contributed by atoms with Gasteiger partial charge in [-0.2, -0.15) is 0 Å². The third kappa shape index (κ3) is 3.32. The molecule has 102 valence electrons. The van der Waals surface area contributed by atoms with Gasteiger partial charge in [-0.15, -0.1) is 11.3 Å². The highest BCUT2D eigenvalue weighted by molar-refractivity contribution is 7.10. The Morgan fingerprint density at radius 2 is 2.44 bits per heavy atom. The third-order valence-electron chi connectivity index (χ3n) is 3.80. The molecule has 2 N–H and O–H groups in total. The van der Waals surface area contributed by atoms with E-state index in [0.717, 1.165) is 32.5 Å². The monoisotopic (exact) mass is 268 g/mol. The molecular formula is C14H24N2OS. The smallest absolute Gasteiger partial charge is 0.0462 e. The molecule has 2 heterocycles. The van der Waals surface area contributed by atoms with Crippen molar-refractivity contribution >= 4 is 11.3 Å². The van der Waals surface area contributed by atoms with Gasteiger partial charge in [-0.25, -0.2) is 0 Å². The molecule has 0 aromatic carbocycles. The third-order valence-corrected chi connectivity index (χ3v) is 4.79. The minimum atomic E-state index is 0.266. The highest BCUT2D eigenvalue weighted by Crippen LogP contribution is 2.32. The SMILES string of the molecule is COCCCC(N)CN1CCc2sccc2C1C. The lowest BCUT2D eigenvalue weighted by atomic mass is 10.0. The Kier molecular flexibility index (Phi) is 5.18. The molecule has 0 spiro atoms. The van der Waals surface area contributed by atoms with Crippen molar-refractivity contribution in [3.8, 4) is 0 Å². The number of nitrogens with zero attached hydrogens (tertiary/aromatic N) is 1. The molecule has 0 amide bonds. The summed E-state index contributed by atoms with van der Waals surface area (Å²) in [5.41, 5.74) is 7.72. The summed E-state index contributed by atoms with van der Waals surface area (Å²) >= 11 is 1.89. The maximum atomic E-state index is 6.21. The standard InChI is InChI=1S/C14H24N2OS/c1-11-13-6-9-18-14(13)5-7-16(11)10-12(15)4-3-8-17-2/h6,9,11-12H,3-5,7-8,10,15H2,1-2H3. The van der Waals surface area contributed by atoms with E-state index in [1.165, 1.54) is 12.0 Å². The summed E-state index contributed by atoms with van der Waals surface area (Å²) in [6.07, 6.45) is 3.29. The van der Waals surface area contributed by atoms with Crippen molar-refractivity contribution < 1.29 is 4.74 Å². The van der Waals surface area contributed by atoms with Gasteiger partial charge in [0.25, 0.3) is 0 Å². The lowest BCUT2D eigenvalue weighted by Crippen LogP contribution is -2.42. The lowest BCUT2D eigenvalue weighted by molar-refractivity contribution is 0.169. The fraction of sp³-hybridized carbons (Fsp3) is 0.714. The van der Waals surface area contributed by atoms with Crippen molar-refractivity contribution in [1.82, 2.24) is 4.90 Å². The normalized spacial score (nSPS) is 21.8. The van der Waals surface area contributed by atoms with Crippen LogP contribution >= 0.6 is 11.3 Å². The largest absolute Gasteiger partial charge is 0.385 e. The number of hydrogen-bond donors (Lipinski definition) is 1. The first-order chi connectivity index (χ1) is 8.72. The molecule has 2 atom stereocenters. The Bertz CT molecular complexity index is 366. The zero-order chi connectivity index (χ0) is 13.0. The van der Waals surface area contributed by atoms with Crippen LogP contribution in [0.3, 0.4) is 0 Å². The topological polar surface area (TPSA) is 38.5 Å². The molecule has 0 fully saturated rings. The number of ether oxygens (including phenoxy) is 1. The minimum absolute atomic E-state index is 0.266. The quantitative estimate of drug-likeness (QED) is 0.805. The zero-order valence-electron chi connectivity index (χ0n) is 11.4. The van der Waals surface area contributed by atoms with Crippen molar-refractivity contribution in [1.29, 1.82) is 0 Å². The zero-order valence-corrected chi connectivity index (χ0v) is 12.2. The van der Waals surface area contributed by atoms with Crippen LogP contribution in [0.2, 0.25) is 0 Å². The number of fused-ring (bicyclic) bond motifs is 1. The summed E-state index contributed by atoms with van der Waals surface area (Å²) in [6, 6.07) is 3.06. The van der Waals surface area contributed by atoms with E-state index in [4.69, 9.17) is 10.5 Å². The fourth-order valence-electron chi connectivity index (χ4n) is 2.69. The first-order valence-corrected chi connectivity index (χ1v) is 7.65. The molecule has 2 unspecified atom stereocenters. The van der Waals surface area contributed by atoms with Crippen LogP contribution in [-0.4, -0.2) is 37.7 Å². The van der Waals surface area contributed by atoms with E-state index in [9.17, 15) is 0 Å². The molecule has 0 bridgehead atoms. The lowest BCUT2D eigenvalue weighted by Gasteiger charge is -2.35. The van der Waals surface area contributed by atoms with E-state index in [1.54, 1.807) is 12.0 Å². The van der Waals surface area contributed by atoms with Crippen LogP contribution in [-0.2, 0) is 11.2 Å². The van der Waals surface area contributed by atoms with Crippen LogP contribution < -0.4 is 5.73 Å². The van der Waals surface area contributed by atoms with Crippen molar-refractivity contribution in [2.45, 2.75) is 38.3 Å². The average molecular weight is 268 g/mol. The maximum absolute atomic E-state index is 6.21. The summed E-state index contributed by atoms with van der Waals surface area (Å²) in [5.74, 6) is 0. The van der Waals surface area contributed by atoms with Gasteiger partial charge in [0.15, 0.2) is 0 Å². The molecule has 0 saturated carbocycles. The molecule has 0 saturated heterocycles. The molecule has 3 nitrogen and oxygen atoms in total. The first-order valence-electron chi connectivity index (χ1n) is 6.77. The number of methoxy groups -OCH3 is 1. The Labute approximate surface area is 114 Å². The Balaban J connectivity index is 1.84. The van der Waals surface area contributed by atoms with Crippen LogP contribution in [0.5, 0.6) is 0 Å². The molecule has 2 rings (SSSR count). The van der Waals surface area contributed by atoms with E-state index in [1.807, 2.05) is 11.3 Å². The van der Waals surface area contributed by atoms with Crippen LogP contribution in [0.25, 0.3) is 0 Å². The molecule has 1 aromatic rings. The van der Waals surface area contributed by atoms with Crippen molar-refractivity contribution in [2.24, 2.45) is 5.73 Å². The summed E-state index contributed by atoms with van der Waals surface area (Å²) in [5, 5.41) is 2.21. The van der Waals surface area contributed by atoms with Gasteiger partial charge in [0.2, 0.25) is 0 Å². The van der Waals surface area contributed by atoms with Gasteiger partial charge in [0.05, 0.1) is 0 Å². The van der Waals surface area contributed by atoms with Crippen LogP contribution in [0, 0.1) is 0 Å². The minimum Gasteiger partial charge on any atom is -0.385 e. The molecule has 0 radical (unpaired) electrons. The number of thiophene rings is 1. The molecule has 1 aliphatic rings. The summed E-state index contributed by atoms with van der Waals surface area (Å²) in [6.45, 7) is 5.26. The van der Waals surface area contributed by atoms with Gasteiger partial charge < -0.3 is 10.5 Å². The van der Waals surface area contributed by atoms with Gasteiger partial charge in [-0.1, -0.05) is 0 Å². The summed E-state index contributed by atoms with van der Waals surface area (Å²) in [7, 11) is 1.75. The molecule has 4 heteroatoms. The predicted molar refractivity (Wildman–Crippen MR) is 77.1 cm³/mol. The predicted octanol–water partition coefficient (Wildman–Crippen LogP) is 2.42. The average Bonchev–Trinajstić information content (AvgIpc) is 2.82. The van der Waals surface area contributed by atoms with Gasteiger partial charge >= 0.3 is 0 Å². The molecular weight excluding hydrogens is 244 g/mol. The summed E-state index contributed by atoms with van der Waals surface area (Å²) < 4.78 is 5.07. The van der Waals surface area contributed by atoms with Crippen LogP contribution in [0.1, 0.15) is 36.2 Å². The van der Waals surface area contributed by atoms with Gasteiger partial charge in [0.1, 0.15) is 0 Å². The van der Waals surface area contributed by atoms with Crippen molar-refractivity contribution in [3.05, 3.63) is 21.9 Å². The van der Waals surface area contributed by atoms with Gasteiger partial charge in [0, 0.05) is 43.8 Å². The number of rotatable bonds is 6. The van der Waals surface area contributed by atoms with Crippen LogP contribution in [0.15, 0.2) is 11.4 Å². The summed E-state index contributed by atoms with van der Waals surface area (Å²) in [4.78, 5) is 4.08. The molecule has 0 aliphatic carbocycles. The van der Waals surface area contributed by atoms with Gasteiger partial charge in [-0.3, -0.25) is 4.90 Å². The van der Waals surface area contributed by atoms with Gasteiger partial charge in [-0.05, 0) is 43.2 Å². The van der Waals surface area contributed by atoms with Crippen molar-refractivity contribution in [3.63, 3.8) is 0 Å². The van der Waals surface area contributed by atoms with E-state index in [-0.39, 0.29) is 6.04 Å². The second kappa shape index (κ2) is 6.66.